The van der Waals surface area contributed by atoms with Gasteiger partial charge < -0.3 is 9.47 Å². The standard InChI is InChI=1S/C12H14BrNO2/c1-15-12(16-2)10(8-14)7-9-3-5-11(13)6-4-9/h3-6,10,12H,7H2,1-2H3. The van der Waals surface area contributed by atoms with Gasteiger partial charge in [-0.15, -0.1) is 0 Å². The number of methoxy groups -OCH3 is 2. The Kier molecular flexibility index (Phi) is 5.47. The molecule has 3 nitrogen and oxygen atoms in total. The van der Waals surface area contributed by atoms with Gasteiger partial charge in [-0.2, -0.15) is 5.26 Å². The molecule has 0 N–H and O–H groups in total. The van der Waals surface area contributed by atoms with Crippen LogP contribution in [-0.2, 0) is 15.9 Å². The van der Waals surface area contributed by atoms with Crippen LogP contribution in [-0.4, -0.2) is 20.5 Å². The normalized spacial score (nSPS) is 12.4. The Morgan fingerprint density at radius 2 is 1.81 bits per heavy atom. The fraction of sp³-hybridized carbons (Fsp3) is 0.417. The molecule has 0 aliphatic carbocycles. The third-order valence-electron chi connectivity index (χ3n) is 2.33. The van der Waals surface area contributed by atoms with Crippen molar-refractivity contribution < 1.29 is 9.47 Å². The molecule has 1 aromatic rings. The number of nitrogens with zero attached hydrogens (tertiary/aromatic N) is 1. The van der Waals surface area contributed by atoms with Crippen LogP contribution < -0.4 is 0 Å². The average Bonchev–Trinajstić information content (AvgIpc) is 2.32. The molecule has 0 fully saturated rings. The fourth-order valence-corrected chi connectivity index (χ4v) is 1.77. The van der Waals surface area contributed by atoms with E-state index >= 15 is 0 Å². The third-order valence-corrected chi connectivity index (χ3v) is 2.86. The summed E-state index contributed by atoms with van der Waals surface area (Å²) in [6, 6.07) is 10.1. The molecule has 0 saturated heterocycles. The van der Waals surface area contributed by atoms with Gasteiger partial charge in [0.15, 0.2) is 6.29 Å². The zero-order valence-corrected chi connectivity index (χ0v) is 10.9. The number of benzene rings is 1. The summed E-state index contributed by atoms with van der Waals surface area (Å²) in [5.41, 5.74) is 1.09. The van der Waals surface area contributed by atoms with Gasteiger partial charge in [0.05, 0.1) is 6.07 Å². The summed E-state index contributed by atoms with van der Waals surface area (Å²) < 4.78 is 11.2. The van der Waals surface area contributed by atoms with Gasteiger partial charge in [-0.1, -0.05) is 28.1 Å². The van der Waals surface area contributed by atoms with Crippen molar-refractivity contribution in [3.05, 3.63) is 34.3 Å². The number of halogens is 1. The molecule has 0 radical (unpaired) electrons. The first-order valence-corrected chi connectivity index (χ1v) is 5.70. The molecule has 16 heavy (non-hydrogen) atoms. The minimum Gasteiger partial charge on any atom is -0.354 e. The summed E-state index contributed by atoms with van der Waals surface area (Å²) in [5, 5.41) is 9.06. The van der Waals surface area contributed by atoms with Crippen LogP contribution in [0.5, 0.6) is 0 Å². The highest BCUT2D eigenvalue weighted by molar-refractivity contribution is 9.10. The van der Waals surface area contributed by atoms with Gasteiger partial charge in [0.25, 0.3) is 0 Å². The summed E-state index contributed by atoms with van der Waals surface area (Å²) in [4.78, 5) is 0. The van der Waals surface area contributed by atoms with Gasteiger partial charge in [-0.05, 0) is 24.1 Å². The van der Waals surface area contributed by atoms with Crippen LogP contribution in [0.25, 0.3) is 0 Å². The molecule has 1 unspecified atom stereocenters. The smallest absolute Gasteiger partial charge is 0.172 e. The SMILES string of the molecule is COC(OC)C(C#N)Cc1ccc(Br)cc1. The van der Waals surface area contributed by atoms with E-state index in [1.54, 1.807) is 14.2 Å². The molecular weight excluding hydrogens is 270 g/mol. The van der Waals surface area contributed by atoms with Gasteiger partial charge in [-0.25, -0.2) is 0 Å². The fourth-order valence-electron chi connectivity index (χ4n) is 1.50. The zero-order chi connectivity index (χ0) is 12.0. The largest absolute Gasteiger partial charge is 0.354 e. The number of hydrogen-bond donors (Lipinski definition) is 0. The van der Waals surface area contributed by atoms with Crippen molar-refractivity contribution in [1.82, 2.24) is 0 Å². The quantitative estimate of drug-likeness (QED) is 0.781. The van der Waals surface area contributed by atoms with Gasteiger partial charge >= 0.3 is 0 Å². The van der Waals surface area contributed by atoms with Crippen LogP contribution in [0, 0.1) is 17.2 Å². The molecule has 0 aliphatic rings. The van der Waals surface area contributed by atoms with E-state index in [0.29, 0.717) is 6.42 Å². The molecule has 0 amide bonds. The van der Waals surface area contributed by atoms with Crippen LogP contribution in [0.15, 0.2) is 28.7 Å². The van der Waals surface area contributed by atoms with E-state index in [0.717, 1.165) is 10.0 Å². The van der Waals surface area contributed by atoms with E-state index in [4.69, 9.17) is 14.7 Å². The molecule has 0 saturated carbocycles. The minimum absolute atomic E-state index is 0.295. The molecule has 0 aliphatic heterocycles. The van der Waals surface area contributed by atoms with Crippen molar-refractivity contribution in [1.29, 1.82) is 5.26 Å². The maximum Gasteiger partial charge on any atom is 0.172 e. The summed E-state index contributed by atoms with van der Waals surface area (Å²) in [7, 11) is 3.08. The Morgan fingerprint density at radius 1 is 1.25 bits per heavy atom. The zero-order valence-electron chi connectivity index (χ0n) is 9.31. The third kappa shape index (κ3) is 3.60. The Bertz CT molecular complexity index is 354. The van der Waals surface area contributed by atoms with E-state index < -0.39 is 6.29 Å². The lowest BCUT2D eigenvalue weighted by Crippen LogP contribution is -2.25. The molecule has 0 spiro atoms. The summed E-state index contributed by atoms with van der Waals surface area (Å²) >= 11 is 3.37. The van der Waals surface area contributed by atoms with Gasteiger partial charge in [-0.3, -0.25) is 0 Å². The van der Waals surface area contributed by atoms with E-state index in [9.17, 15) is 0 Å². The molecular formula is C12H14BrNO2. The van der Waals surface area contributed by atoms with Crippen molar-refractivity contribution in [3.8, 4) is 6.07 Å². The highest BCUT2D eigenvalue weighted by Gasteiger charge is 2.20. The van der Waals surface area contributed by atoms with Crippen LogP contribution in [0.1, 0.15) is 5.56 Å². The lowest BCUT2D eigenvalue weighted by atomic mass is 10.0. The first kappa shape index (κ1) is 13.2. The first-order chi connectivity index (χ1) is 7.71. The maximum absolute atomic E-state index is 9.06. The predicted molar refractivity (Wildman–Crippen MR) is 64.8 cm³/mol. The van der Waals surface area contributed by atoms with Crippen LogP contribution in [0.3, 0.4) is 0 Å². The summed E-state index contributed by atoms with van der Waals surface area (Å²) in [5.74, 6) is -0.295. The maximum atomic E-state index is 9.06. The Labute approximate surface area is 104 Å². The monoisotopic (exact) mass is 283 g/mol. The topological polar surface area (TPSA) is 42.2 Å². The van der Waals surface area contributed by atoms with Crippen LogP contribution >= 0.6 is 15.9 Å². The molecule has 1 aromatic carbocycles. The lowest BCUT2D eigenvalue weighted by molar-refractivity contribution is -0.124. The van der Waals surface area contributed by atoms with Crippen LogP contribution in [0.4, 0.5) is 0 Å². The molecule has 4 heteroatoms. The highest BCUT2D eigenvalue weighted by Crippen LogP contribution is 2.17. The molecule has 1 atom stereocenters. The second kappa shape index (κ2) is 6.64. The molecule has 1 rings (SSSR count). The molecule has 0 aromatic heterocycles. The molecule has 0 heterocycles. The Morgan fingerprint density at radius 3 is 2.25 bits per heavy atom. The Balaban J connectivity index is 2.70. The first-order valence-electron chi connectivity index (χ1n) is 4.91. The van der Waals surface area contributed by atoms with E-state index in [1.807, 2.05) is 24.3 Å². The van der Waals surface area contributed by atoms with E-state index in [1.165, 1.54) is 0 Å². The average molecular weight is 284 g/mol. The van der Waals surface area contributed by atoms with E-state index in [-0.39, 0.29) is 5.92 Å². The van der Waals surface area contributed by atoms with Crippen LogP contribution in [0.2, 0.25) is 0 Å². The number of ether oxygens (including phenoxy) is 2. The molecule has 86 valence electrons. The van der Waals surface area contributed by atoms with Crippen molar-refractivity contribution >= 4 is 15.9 Å². The molecule has 0 bridgehead atoms. The highest BCUT2D eigenvalue weighted by atomic mass is 79.9. The number of nitriles is 1. The van der Waals surface area contributed by atoms with Gasteiger partial charge in [0.2, 0.25) is 0 Å². The number of rotatable bonds is 5. The van der Waals surface area contributed by atoms with Crippen molar-refractivity contribution in [2.75, 3.05) is 14.2 Å². The van der Waals surface area contributed by atoms with Crippen molar-refractivity contribution in [2.24, 2.45) is 5.92 Å². The van der Waals surface area contributed by atoms with Crippen molar-refractivity contribution in [3.63, 3.8) is 0 Å². The summed E-state index contributed by atoms with van der Waals surface area (Å²) in [6.45, 7) is 0. The van der Waals surface area contributed by atoms with Gasteiger partial charge in [0.1, 0.15) is 5.92 Å². The predicted octanol–water partition coefficient (Wildman–Crippen LogP) is 2.75. The summed E-state index contributed by atoms with van der Waals surface area (Å²) in [6.07, 6.45) is 0.143. The second-order valence-corrected chi connectivity index (χ2v) is 4.32. The minimum atomic E-state index is -0.478. The van der Waals surface area contributed by atoms with E-state index in [2.05, 4.69) is 22.0 Å². The Hall–Kier alpha value is -0.890. The lowest BCUT2D eigenvalue weighted by Gasteiger charge is -2.18. The van der Waals surface area contributed by atoms with Crippen molar-refractivity contribution in [2.45, 2.75) is 12.7 Å². The number of hydrogen-bond acceptors (Lipinski definition) is 3. The van der Waals surface area contributed by atoms with Gasteiger partial charge in [0, 0.05) is 18.7 Å². The second-order valence-electron chi connectivity index (χ2n) is 3.41.